The summed E-state index contributed by atoms with van der Waals surface area (Å²) in [5.41, 5.74) is 2.13. The summed E-state index contributed by atoms with van der Waals surface area (Å²) >= 11 is 12.2. The number of hydrogen-bond acceptors (Lipinski definition) is 1. The highest BCUT2D eigenvalue weighted by atomic mass is 35.5. The SMILES string of the molecule is CCCCCCCCC(=O)N(Cc1ccc(Cl)c(Cl)c1)C(C)c1ccccc1. The largest absolute Gasteiger partial charge is 0.332 e. The van der Waals surface area contributed by atoms with E-state index in [0.717, 1.165) is 24.0 Å². The van der Waals surface area contributed by atoms with Gasteiger partial charge >= 0.3 is 0 Å². The van der Waals surface area contributed by atoms with Gasteiger partial charge in [0, 0.05) is 13.0 Å². The predicted molar refractivity (Wildman–Crippen MR) is 120 cm³/mol. The van der Waals surface area contributed by atoms with Gasteiger partial charge in [0.15, 0.2) is 0 Å². The molecule has 0 saturated heterocycles. The van der Waals surface area contributed by atoms with Crippen LogP contribution in [0, 0.1) is 0 Å². The van der Waals surface area contributed by atoms with Gasteiger partial charge in [-0.3, -0.25) is 4.79 Å². The Hall–Kier alpha value is -1.51. The van der Waals surface area contributed by atoms with Crippen molar-refractivity contribution in [1.82, 2.24) is 4.90 Å². The van der Waals surface area contributed by atoms with Gasteiger partial charge in [-0.05, 0) is 36.6 Å². The second-order valence-electron chi connectivity index (χ2n) is 7.37. The van der Waals surface area contributed by atoms with Crippen LogP contribution in [0.25, 0.3) is 0 Å². The van der Waals surface area contributed by atoms with E-state index in [9.17, 15) is 4.79 Å². The maximum absolute atomic E-state index is 13.1. The molecule has 0 aliphatic heterocycles. The summed E-state index contributed by atoms with van der Waals surface area (Å²) in [6.45, 7) is 4.84. The van der Waals surface area contributed by atoms with Crippen molar-refractivity contribution in [3.63, 3.8) is 0 Å². The van der Waals surface area contributed by atoms with Crippen molar-refractivity contribution in [2.75, 3.05) is 0 Å². The third-order valence-corrected chi connectivity index (χ3v) is 5.89. The Morgan fingerprint density at radius 3 is 2.29 bits per heavy atom. The maximum Gasteiger partial charge on any atom is 0.223 e. The fraction of sp³-hybridized carbons (Fsp3) is 0.458. The van der Waals surface area contributed by atoms with E-state index in [-0.39, 0.29) is 11.9 Å². The molecule has 0 bridgehead atoms. The lowest BCUT2D eigenvalue weighted by Gasteiger charge is -2.30. The van der Waals surface area contributed by atoms with E-state index in [0.29, 0.717) is 23.0 Å². The summed E-state index contributed by atoms with van der Waals surface area (Å²) in [6, 6.07) is 15.8. The summed E-state index contributed by atoms with van der Waals surface area (Å²) in [5.74, 6) is 0.193. The second kappa shape index (κ2) is 12.1. The molecule has 28 heavy (non-hydrogen) atoms. The zero-order valence-electron chi connectivity index (χ0n) is 17.0. The molecule has 0 radical (unpaired) electrons. The molecule has 0 fully saturated rings. The van der Waals surface area contributed by atoms with Crippen molar-refractivity contribution in [2.45, 2.75) is 71.4 Å². The van der Waals surface area contributed by atoms with Crippen molar-refractivity contribution in [2.24, 2.45) is 0 Å². The molecule has 4 heteroatoms. The minimum absolute atomic E-state index is 0.00300. The molecule has 1 unspecified atom stereocenters. The molecular weight excluding hydrogens is 389 g/mol. The second-order valence-corrected chi connectivity index (χ2v) is 8.19. The van der Waals surface area contributed by atoms with E-state index >= 15 is 0 Å². The van der Waals surface area contributed by atoms with Gasteiger partial charge in [-0.2, -0.15) is 0 Å². The molecule has 2 aromatic rings. The van der Waals surface area contributed by atoms with Gasteiger partial charge in [0.05, 0.1) is 16.1 Å². The Morgan fingerprint density at radius 2 is 1.61 bits per heavy atom. The Labute approximate surface area is 179 Å². The minimum atomic E-state index is 0.00300. The molecule has 152 valence electrons. The quantitative estimate of drug-likeness (QED) is 0.339. The number of rotatable bonds is 11. The average molecular weight is 420 g/mol. The minimum Gasteiger partial charge on any atom is -0.332 e. The number of hydrogen-bond donors (Lipinski definition) is 0. The Kier molecular flexibility index (Phi) is 9.87. The number of amides is 1. The number of carbonyl (C=O) groups excluding carboxylic acids is 1. The number of carbonyl (C=O) groups is 1. The van der Waals surface area contributed by atoms with E-state index in [2.05, 4.69) is 26.0 Å². The van der Waals surface area contributed by atoms with Crippen molar-refractivity contribution in [3.05, 3.63) is 69.7 Å². The summed E-state index contributed by atoms with van der Waals surface area (Å²) in [7, 11) is 0. The third kappa shape index (κ3) is 7.14. The highest BCUT2D eigenvalue weighted by Crippen LogP contribution is 2.27. The molecule has 0 aliphatic rings. The fourth-order valence-electron chi connectivity index (χ4n) is 3.39. The van der Waals surface area contributed by atoms with E-state index < -0.39 is 0 Å². The maximum atomic E-state index is 13.1. The standard InChI is InChI=1S/C24H31Cl2NO/c1-3-4-5-6-7-11-14-24(28)27(19(2)21-12-9-8-10-13-21)18-20-15-16-22(25)23(26)17-20/h8-10,12-13,15-17,19H,3-7,11,14,18H2,1-2H3. The zero-order chi connectivity index (χ0) is 20.4. The first-order valence-electron chi connectivity index (χ1n) is 10.3. The van der Waals surface area contributed by atoms with Gasteiger partial charge in [0.25, 0.3) is 0 Å². The number of unbranched alkanes of at least 4 members (excludes halogenated alkanes) is 5. The molecule has 0 aliphatic carbocycles. The number of halogens is 2. The molecule has 1 atom stereocenters. The summed E-state index contributed by atoms with van der Waals surface area (Å²) in [4.78, 5) is 15.0. The van der Waals surface area contributed by atoms with Crippen LogP contribution in [0.1, 0.15) is 76.0 Å². The highest BCUT2D eigenvalue weighted by Gasteiger charge is 2.21. The van der Waals surface area contributed by atoms with Crippen molar-refractivity contribution in [3.8, 4) is 0 Å². The first-order valence-corrected chi connectivity index (χ1v) is 11.1. The Bertz CT molecular complexity index is 733. The third-order valence-electron chi connectivity index (χ3n) is 5.15. The van der Waals surface area contributed by atoms with Gasteiger partial charge in [-0.25, -0.2) is 0 Å². The van der Waals surface area contributed by atoms with Gasteiger partial charge < -0.3 is 4.90 Å². The number of benzene rings is 2. The first kappa shape index (κ1) is 22.8. The fourth-order valence-corrected chi connectivity index (χ4v) is 3.71. The van der Waals surface area contributed by atoms with Crippen LogP contribution in [0.3, 0.4) is 0 Å². The van der Waals surface area contributed by atoms with E-state index in [4.69, 9.17) is 23.2 Å². The summed E-state index contributed by atoms with van der Waals surface area (Å²) in [6.07, 6.45) is 7.65. The van der Waals surface area contributed by atoms with Crippen LogP contribution in [-0.2, 0) is 11.3 Å². The van der Waals surface area contributed by atoms with Gasteiger partial charge in [-0.15, -0.1) is 0 Å². The predicted octanol–water partition coefficient (Wildman–Crippen LogP) is 7.83. The highest BCUT2D eigenvalue weighted by molar-refractivity contribution is 6.42. The smallest absolute Gasteiger partial charge is 0.223 e. The van der Waals surface area contributed by atoms with Crippen LogP contribution >= 0.6 is 23.2 Å². The van der Waals surface area contributed by atoms with E-state index in [1.165, 1.54) is 25.7 Å². The number of nitrogens with zero attached hydrogens (tertiary/aromatic N) is 1. The van der Waals surface area contributed by atoms with Crippen molar-refractivity contribution >= 4 is 29.1 Å². The van der Waals surface area contributed by atoms with E-state index in [1.807, 2.05) is 35.2 Å². The molecular formula is C24H31Cl2NO. The van der Waals surface area contributed by atoms with E-state index in [1.54, 1.807) is 6.07 Å². The molecule has 2 aromatic carbocycles. The molecule has 2 nitrogen and oxygen atoms in total. The topological polar surface area (TPSA) is 20.3 Å². The van der Waals surface area contributed by atoms with Crippen LogP contribution in [-0.4, -0.2) is 10.8 Å². The molecule has 0 aromatic heterocycles. The van der Waals surface area contributed by atoms with Crippen LogP contribution in [0.5, 0.6) is 0 Å². The normalized spacial score (nSPS) is 12.0. The molecule has 0 saturated carbocycles. The summed E-state index contributed by atoms with van der Waals surface area (Å²) < 4.78 is 0. The van der Waals surface area contributed by atoms with Crippen molar-refractivity contribution in [1.29, 1.82) is 0 Å². The van der Waals surface area contributed by atoms with Crippen LogP contribution in [0.4, 0.5) is 0 Å². The zero-order valence-corrected chi connectivity index (χ0v) is 18.5. The van der Waals surface area contributed by atoms with Crippen LogP contribution in [0.2, 0.25) is 10.0 Å². The Morgan fingerprint density at radius 1 is 0.929 bits per heavy atom. The molecule has 1 amide bonds. The lowest BCUT2D eigenvalue weighted by molar-refractivity contribution is -0.134. The van der Waals surface area contributed by atoms with Crippen molar-refractivity contribution < 1.29 is 4.79 Å². The molecule has 2 rings (SSSR count). The van der Waals surface area contributed by atoms with Gasteiger partial charge in [0.2, 0.25) is 5.91 Å². The lowest BCUT2D eigenvalue weighted by Crippen LogP contribution is -2.33. The average Bonchev–Trinajstić information content (AvgIpc) is 2.71. The molecule has 0 spiro atoms. The van der Waals surface area contributed by atoms with Crippen LogP contribution in [0.15, 0.2) is 48.5 Å². The molecule has 0 heterocycles. The monoisotopic (exact) mass is 419 g/mol. The van der Waals surface area contributed by atoms with Gasteiger partial charge in [-0.1, -0.05) is 98.6 Å². The van der Waals surface area contributed by atoms with Crippen LogP contribution < -0.4 is 0 Å². The lowest BCUT2D eigenvalue weighted by atomic mass is 10.0. The van der Waals surface area contributed by atoms with Gasteiger partial charge in [0.1, 0.15) is 0 Å². The Balaban J connectivity index is 2.06. The molecule has 0 N–H and O–H groups in total. The summed E-state index contributed by atoms with van der Waals surface area (Å²) in [5, 5.41) is 1.06. The first-order chi connectivity index (χ1) is 13.5.